The lowest BCUT2D eigenvalue weighted by atomic mass is 9.86. The number of alkyl halides is 1. The van der Waals surface area contributed by atoms with E-state index in [2.05, 4.69) is 40.9 Å². The summed E-state index contributed by atoms with van der Waals surface area (Å²) in [6, 6.07) is 1.80. The smallest absolute Gasteiger partial charge is 0.243 e. The molecule has 28 heavy (non-hydrogen) atoms. The number of hydrogen-bond donors (Lipinski definition) is 1. The number of hydrogen-bond acceptors (Lipinski definition) is 6. The Morgan fingerprint density at radius 3 is 2.54 bits per heavy atom. The van der Waals surface area contributed by atoms with Gasteiger partial charge in [0.15, 0.2) is 11.5 Å². The zero-order valence-electron chi connectivity index (χ0n) is 17.2. The van der Waals surface area contributed by atoms with Crippen LogP contribution in [0.1, 0.15) is 39.3 Å². The second-order valence-corrected chi connectivity index (χ2v) is 7.51. The maximum Gasteiger partial charge on any atom is 0.243 e. The summed E-state index contributed by atoms with van der Waals surface area (Å²) in [5.74, 6) is 0.506. The van der Waals surface area contributed by atoms with Gasteiger partial charge in [-0.1, -0.05) is 20.8 Å². The topological polar surface area (TPSA) is 87.2 Å². The minimum atomic E-state index is -0.271. The van der Waals surface area contributed by atoms with Crippen molar-refractivity contribution < 1.29 is 9.53 Å². The van der Waals surface area contributed by atoms with Crippen LogP contribution in [0.3, 0.4) is 0 Å². The molecule has 0 saturated heterocycles. The molecule has 2 heterocycles. The molecule has 2 rings (SSSR count). The lowest BCUT2D eigenvalue weighted by Gasteiger charge is -2.30. The summed E-state index contributed by atoms with van der Waals surface area (Å²) in [6.07, 6.45) is 5.03. The van der Waals surface area contributed by atoms with Crippen LogP contribution in [0.4, 0.5) is 11.5 Å². The lowest BCUT2D eigenvalue weighted by Crippen LogP contribution is -2.34. The van der Waals surface area contributed by atoms with Gasteiger partial charge in [-0.2, -0.15) is 10.1 Å². The number of aromatic amines is 1. The second-order valence-electron chi connectivity index (χ2n) is 7.25. The molecule has 0 fully saturated rings. The van der Waals surface area contributed by atoms with Gasteiger partial charge in [0.05, 0.1) is 18.8 Å². The average Bonchev–Trinajstić information content (AvgIpc) is 3.22. The Bertz CT molecular complexity index is 762. The molecule has 1 N–H and O–H groups in total. The number of halogens is 1. The average molecular weight is 409 g/mol. The van der Waals surface area contributed by atoms with Gasteiger partial charge in [0, 0.05) is 25.7 Å². The molecular weight excluding hydrogens is 380 g/mol. The Morgan fingerprint density at radius 2 is 2.00 bits per heavy atom. The summed E-state index contributed by atoms with van der Waals surface area (Å²) >= 11 is 5.90. The fourth-order valence-electron chi connectivity index (χ4n) is 2.63. The van der Waals surface area contributed by atoms with Gasteiger partial charge in [-0.3, -0.25) is 14.8 Å². The molecule has 0 spiro atoms. The van der Waals surface area contributed by atoms with E-state index in [4.69, 9.17) is 16.3 Å². The number of rotatable bonds is 10. The number of aromatic nitrogens is 4. The van der Waals surface area contributed by atoms with Crippen LogP contribution in [-0.4, -0.2) is 52.7 Å². The molecule has 0 aliphatic rings. The lowest BCUT2D eigenvalue weighted by molar-refractivity contribution is -0.116. The highest BCUT2D eigenvalue weighted by atomic mass is 35.5. The maximum atomic E-state index is 12.7. The van der Waals surface area contributed by atoms with E-state index in [0.717, 1.165) is 18.5 Å². The largest absolute Gasteiger partial charge is 0.475 e. The number of nitrogens with zero attached hydrogens (tertiary/aromatic N) is 5. The normalized spacial score (nSPS) is 11.4. The second kappa shape index (κ2) is 9.73. The quantitative estimate of drug-likeness (QED) is 0.607. The summed E-state index contributed by atoms with van der Waals surface area (Å²) in [5.41, 5.74) is 1.29. The molecule has 0 bridgehead atoms. The number of anilines is 2. The van der Waals surface area contributed by atoms with Crippen molar-refractivity contribution >= 4 is 29.0 Å². The Kier molecular flexibility index (Phi) is 7.62. The van der Waals surface area contributed by atoms with E-state index in [9.17, 15) is 4.79 Å². The fraction of sp³-hybridized carbons (Fsp3) is 0.579. The third kappa shape index (κ3) is 5.13. The van der Waals surface area contributed by atoms with Crippen LogP contribution in [0.2, 0.25) is 0 Å². The molecule has 2 aromatic heterocycles. The molecule has 2 aromatic rings. The number of carbonyl (C=O) groups is 1. The minimum absolute atomic E-state index is 0.0190. The van der Waals surface area contributed by atoms with Crippen molar-refractivity contribution in [1.29, 1.82) is 0 Å². The number of amides is 1. The Morgan fingerprint density at radius 1 is 1.29 bits per heavy atom. The van der Waals surface area contributed by atoms with Crippen molar-refractivity contribution in [2.24, 2.45) is 5.41 Å². The molecule has 0 unspecified atom stereocenters. The summed E-state index contributed by atoms with van der Waals surface area (Å²) in [7, 11) is 3.72. The zero-order valence-corrected chi connectivity index (χ0v) is 18.0. The van der Waals surface area contributed by atoms with E-state index < -0.39 is 0 Å². The maximum absolute atomic E-state index is 12.7. The van der Waals surface area contributed by atoms with E-state index in [0.29, 0.717) is 24.0 Å². The molecule has 154 valence electrons. The first-order chi connectivity index (χ1) is 13.3. The summed E-state index contributed by atoms with van der Waals surface area (Å²) in [4.78, 5) is 24.8. The van der Waals surface area contributed by atoms with E-state index in [1.54, 1.807) is 17.2 Å². The van der Waals surface area contributed by atoms with Gasteiger partial charge in [-0.05, 0) is 18.9 Å². The fourth-order valence-corrected chi connectivity index (χ4v) is 2.77. The van der Waals surface area contributed by atoms with Crippen LogP contribution < -0.4 is 14.5 Å². The summed E-state index contributed by atoms with van der Waals surface area (Å²) in [6.45, 7) is 7.20. The molecule has 1 amide bonds. The van der Waals surface area contributed by atoms with Crippen molar-refractivity contribution in [2.45, 2.75) is 40.2 Å². The molecule has 0 aliphatic heterocycles. The van der Waals surface area contributed by atoms with Crippen molar-refractivity contribution in [1.82, 2.24) is 20.2 Å². The predicted molar refractivity (Wildman–Crippen MR) is 111 cm³/mol. The van der Waals surface area contributed by atoms with Crippen molar-refractivity contribution in [3.8, 4) is 5.88 Å². The molecule has 0 radical (unpaired) electrons. The monoisotopic (exact) mass is 408 g/mol. The highest BCUT2D eigenvalue weighted by Crippen LogP contribution is 2.37. The molecule has 0 aliphatic carbocycles. The SMILES string of the molecule is CCC(C)(CC)COc1ncnc(N(C)C)c1N(Cc1ccn[nH]1)C(=O)CCl. The Hall–Kier alpha value is -2.35. The number of nitrogens with one attached hydrogen (secondary N) is 1. The van der Waals surface area contributed by atoms with Gasteiger partial charge >= 0.3 is 0 Å². The zero-order chi connectivity index (χ0) is 20.7. The van der Waals surface area contributed by atoms with Crippen LogP contribution in [0.5, 0.6) is 5.88 Å². The Balaban J connectivity index is 2.48. The number of H-pyrrole nitrogens is 1. The van der Waals surface area contributed by atoms with Crippen molar-refractivity contribution in [3.05, 3.63) is 24.3 Å². The molecule has 0 aromatic carbocycles. The summed E-state index contributed by atoms with van der Waals surface area (Å²) < 4.78 is 6.13. The van der Waals surface area contributed by atoms with Crippen LogP contribution in [0.15, 0.2) is 18.6 Å². The molecule has 9 heteroatoms. The molecular formula is C19H29ClN6O2. The number of carbonyl (C=O) groups excluding carboxylic acids is 1. The third-order valence-corrected chi connectivity index (χ3v) is 5.26. The number of ether oxygens (including phenoxy) is 1. The first-order valence-electron chi connectivity index (χ1n) is 9.35. The van der Waals surface area contributed by atoms with Crippen molar-refractivity contribution in [3.63, 3.8) is 0 Å². The standard InChI is InChI=1S/C19H29ClN6O2/c1-6-19(3,7-2)12-28-18-16(17(25(4)5)21-13-22-18)26(15(27)10-20)11-14-8-9-23-24-14/h8-9,13H,6-7,10-12H2,1-5H3,(H,23,24). The Labute approximate surface area is 171 Å². The van der Waals surface area contributed by atoms with Crippen LogP contribution in [0.25, 0.3) is 0 Å². The van der Waals surface area contributed by atoms with E-state index >= 15 is 0 Å². The molecule has 8 nitrogen and oxygen atoms in total. The van der Waals surface area contributed by atoms with E-state index in [1.807, 2.05) is 19.0 Å². The summed E-state index contributed by atoms with van der Waals surface area (Å²) in [5, 5.41) is 6.83. The van der Waals surface area contributed by atoms with Crippen LogP contribution >= 0.6 is 11.6 Å². The van der Waals surface area contributed by atoms with Crippen LogP contribution in [0, 0.1) is 5.41 Å². The van der Waals surface area contributed by atoms with Gasteiger partial charge in [0.1, 0.15) is 12.2 Å². The predicted octanol–water partition coefficient (Wildman–Crippen LogP) is 3.24. The molecule has 0 atom stereocenters. The van der Waals surface area contributed by atoms with Gasteiger partial charge in [-0.15, -0.1) is 11.6 Å². The highest BCUT2D eigenvalue weighted by molar-refractivity contribution is 6.29. The van der Waals surface area contributed by atoms with Gasteiger partial charge in [0.25, 0.3) is 0 Å². The van der Waals surface area contributed by atoms with Gasteiger partial charge < -0.3 is 9.64 Å². The van der Waals surface area contributed by atoms with E-state index in [1.165, 1.54) is 6.33 Å². The van der Waals surface area contributed by atoms with Crippen molar-refractivity contribution in [2.75, 3.05) is 36.4 Å². The highest BCUT2D eigenvalue weighted by Gasteiger charge is 2.28. The van der Waals surface area contributed by atoms with Crippen LogP contribution in [-0.2, 0) is 11.3 Å². The van der Waals surface area contributed by atoms with Gasteiger partial charge in [0.2, 0.25) is 11.8 Å². The first kappa shape index (κ1) is 21.9. The van der Waals surface area contributed by atoms with Gasteiger partial charge in [-0.25, -0.2) is 4.98 Å². The first-order valence-corrected chi connectivity index (χ1v) is 9.88. The minimum Gasteiger partial charge on any atom is -0.475 e. The molecule has 0 saturated carbocycles. The third-order valence-electron chi connectivity index (χ3n) is 5.03. The van der Waals surface area contributed by atoms with E-state index in [-0.39, 0.29) is 23.7 Å².